The van der Waals surface area contributed by atoms with Gasteiger partial charge in [0.05, 0.1) is 5.56 Å². The molecule has 2 aromatic rings. The summed E-state index contributed by atoms with van der Waals surface area (Å²) in [5.74, 6) is -0.178. The Hall–Kier alpha value is -2.27. The number of amides is 1. The lowest BCUT2D eigenvalue weighted by atomic mass is 9.96. The third-order valence-corrected chi connectivity index (χ3v) is 7.22. The van der Waals surface area contributed by atoms with Crippen LogP contribution in [0.3, 0.4) is 0 Å². The van der Waals surface area contributed by atoms with Crippen molar-refractivity contribution in [2.24, 2.45) is 0 Å². The monoisotopic (exact) mass is 426 g/mol. The predicted octanol–water partition coefficient (Wildman–Crippen LogP) is 3.78. The minimum atomic E-state index is -0.149. The average Bonchev–Trinajstić information content (AvgIpc) is 3.11. The number of piperazine rings is 1. The van der Waals surface area contributed by atoms with E-state index in [2.05, 4.69) is 21.2 Å². The third-order valence-electron chi connectivity index (χ3n) is 6.01. The van der Waals surface area contributed by atoms with Crippen LogP contribution in [0.4, 0.5) is 9.39 Å². The summed E-state index contributed by atoms with van der Waals surface area (Å²) in [6, 6.07) is 9.22. The Morgan fingerprint density at radius 3 is 2.63 bits per heavy atom. The van der Waals surface area contributed by atoms with E-state index >= 15 is 0 Å². The Labute approximate surface area is 181 Å². The molecule has 2 aliphatic rings. The lowest BCUT2D eigenvalue weighted by molar-refractivity contribution is -0.116. The van der Waals surface area contributed by atoms with Gasteiger partial charge in [0.25, 0.3) is 0 Å². The quantitative estimate of drug-likeness (QED) is 0.764. The standard InChI is InChI=1S/C23H27FN4OS/c24-20-7-3-1-5-17(20)16-28-13-11-27(12-14-28)10-9-22(29)26-23-19(15-25)18-6-2-4-8-21(18)30-23/h1,3,5,7H,2,4,6,8-14,16H2,(H,26,29). The highest BCUT2D eigenvalue weighted by molar-refractivity contribution is 7.16. The number of fused-ring (bicyclic) bond motifs is 1. The Kier molecular flexibility index (Phi) is 6.78. The second kappa shape index (κ2) is 9.69. The van der Waals surface area contributed by atoms with Crippen LogP contribution in [0.25, 0.3) is 0 Å². The largest absolute Gasteiger partial charge is 0.317 e. The second-order valence-electron chi connectivity index (χ2n) is 8.03. The average molecular weight is 427 g/mol. The number of carbonyl (C=O) groups excluding carboxylic acids is 1. The normalized spacial score (nSPS) is 17.3. The number of thiophene rings is 1. The maximum Gasteiger partial charge on any atom is 0.226 e. The number of anilines is 1. The number of hydrogen-bond donors (Lipinski definition) is 1. The minimum absolute atomic E-state index is 0.0288. The van der Waals surface area contributed by atoms with Crippen LogP contribution in [-0.4, -0.2) is 48.4 Å². The van der Waals surface area contributed by atoms with Crippen molar-refractivity contribution < 1.29 is 9.18 Å². The molecule has 4 rings (SSSR count). The van der Waals surface area contributed by atoms with Gasteiger partial charge in [0.2, 0.25) is 5.91 Å². The van der Waals surface area contributed by atoms with E-state index in [1.807, 2.05) is 12.1 Å². The Morgan fingerprint density at radius 1 is 1.13 bits per heavy atom. The number of halogens is 1. The summed E-state index contributed by atoms with van der Waals surface area (Å²) < 4.78 is 13.8. The van der Waals surface area contributed by atoms with Crippen LogP contribution in [0.5, 0.6) is 0 Å². The van der Waals surface area contributed by atoms with Crippen molar-refractivity contribution in [3.8, 4) is 6.07 Å². The van der Waals surface area contributed by atoms with Crippen molar-refractivity contribution in [3.05, 3.63) is 51.7 Å². The fraction of sp³-hybridized carbons (Fsp3) is 0.478. The summed E-state index contributed by atoms with van der Waals surface area (Å²) in [5.41, 5.74) is 2.55. The van der Waals surface area contributed by atoms with Gasteiger partial charge < -0.3 is 10.2 Å². The zero-order valence-electron chi connectivity index (χ0n) is 17.1. The molecular weight excluding hydrogens is 399 g/mol. The van der Waals surface area contributed by atoms with E-state index in [0.29, 0.717) is 25.1 Å². The molecule has 5 nitrogen and oxygen atoms in total. The molecule has 0 atom stereocenters. The van der Waals surface area contributed by atoms with Gasteiger partial charge in [0.1, 0.15) is 16.9 Å². The number of nitriles is 1. The summed E-state index contributed by atoms with van der Waals surface area (Å²) in [6.07, 6.45) is 4.66. The molecular formula is C23H27FN4OS. The number of aryl methyl sites for hydroxylation is 1. The summed E-state index contributed by atoms with van der Waals surface area (Å²) in [5, 5.41) is 13.2. The Morgan fingerprint density at radius 2 is 1.87 bits per heavy atom. The smallest absolute Gasteiger partial charge is 0.226 e. The molecule has 0 bridgehead atoms. The van der Waals surface area contributed by atoms with Gasteiger partial charge in [-0.25, -0.2) is 4.39 Å². The van der Waals surface area contributed by atoms with Crippen LogP contribution in [0.15, 0.2) is 24.3 Å². The second-order valence-corrected chi connectivity index (χ2v) is 9.14. The van der Waals surface area contributed by atoms with Gasteiger partial charge >= 0.3 is 0 Å². The van der Waals surface area contributed by atoms with Gasteiger partial charge in [-0.2, -0.15) is 5.26 Å². The molecule has 1 aliphatic carbocycles. The van der Waals surface area contributed by atoms with Gasteiger partial charge in [-0.15, -0.1) is 11.3 Å². The van der Waals surface area contributed by atoms with Crippen molar-refractivity contribution in [1.82, 2.24) is 9.80 Å². The first-order valence-corrected chi connectivity index (χ1v) is 11.5. The van der Waals surface area contributed by atoms with Crippen LogP contribution in [0, 0.1) is 17.1 Å². The van der Waals surface area contributed by atoms with E-state index in [1.165, 1.54) is 10.9 Å². The molecule has 7 heteroatoms. The molecule has 158 valence electrons. The number of hydrogen-bond acceptors (Lipinski definition) is 5. The molecule has 1 fully saturated rings. The number of nitrogens with zero attached hydrogens (tertiary/aromatic N) is 3. The molecule has 0 saturated carbocycles. The van der Waals surface area contributed by atoms with E-state index in [1.54, 1.807) is 17.4 Å². The van der Waals surface area contributed by atoms with Crippen LogP contribution in [0.1, 0.15) is 40.8 Å². The molecule has 30 heavy (non-hydrogen) atoms. The van der Waals surface area contributed by atoms with Crippen LogP contribution in [-0.2, 0) is 24.2 Å². The van der Waals surface area contributed by atoms with E-state index in [9.17, 15) is 14.4 Å². The molecule has 1 saturated heterocycles. The van der Waals surface area contributed by atoms with Crippen molar-refractivity contribution in [2.45, 2.75) is 38.6 Å². The van der Waals surface area contributed by atoms with Gasteiger partial charge in [0, 0.05) is 56.1 Å². The molecule has 1 aromatic carbocycles. The van der Waals surface area contributed by atoms with E-state index in [0.717, 1.165) is 68.0 Å². The number of benzene rings is 1. The lowest BCUT2D eigenvalue weighted by Crippen LogP contribution is -2.46. The number of rotatable bonds is 6. The molecule has 1 amide bonds. The highest BCUT2D eigenvalue weighted by atomic mass is 32.1. The highest BCUT2D eigenvalue weighted by Crippen LogP contribution is 2.37. The molecule has 0 radical (unpaired) electrons. The minimum Gasteiger partial charge on any atom is -0.317 e. The summed E-state index contributed by atoms with van der Waals surface area (Å²) in [7, 11) is 0. The zero-order valence-corrected chi connectivity index (χ0v) is 17.9. The highest BCUT2D eigenvalue weighted by Gasteiger charge is 2.22. The SMILES string of the molecule is N#Cc1c(NC(=O)CCN2CCN(Cc3ccccc3F)CC2)sc2c1CCCC2. The first-order chi connectivity index (χ1) is 14.6. The number of nitrogens with one attached hydrogen (secondary N) is 1. The fourth-order valence-electron chi connectivity index (χ4n) is 4.26. The third kappa shape index (κ3) is 4.89. The van der Waals surface area contributed by atoms with Gasteiger partial charge in [-0.3, -0.25) is 9.69 Å². The molecule has 0 unspecified atom stereocenters. The van der Waals surface area contributed by atoms with Crippen LogP contribution < -0.4 is 5.32 Å². The van der Waals surface area contributed by atoms with E-state index in [4.69, 9.17) is 0 Å². The Balaban J connectivity index is 1.23. The molecule has 0 spiro atoms. The summed E-state index contributed by atoms with van der Waals surface area (Å²) >= 11 is 1.57. The van der Waals surface area contributed by atoms with Gasteiger partial charge in [0.15, 0.2) is 0 Å². The van der Waals surface area contributed by atoms with E-state index in [-0.39, 0.29) is 11.7 Å². The van der Waals surface area contributed by atoms with Crippen molar-refractivity contribution in [3.63, 3.8) is 0 Å². The lowest BCUT2D eigenvalue weighted by Gasteiger charge is -2.34. The van der Waals surface area contributed by atoms with Crippen molar-refractivity contribution in [2.75, 3.05) is 38.0 Å². The summed E-state index contributed by atoms with van der Waals surface area (Å²) in [4.78, 5) is 18.3. The topological polar surface area (TPSA) is 59.4 Å². The van der Waals surface area contributed by atoms with E-state index < -0.39 is 0 Å². The van der Waals surface area contributed by atoms with Crippen LogP contribution >= 0.6 is 11.3 Å². The molecule has 1 N–H and O–H groups in total. The first kappa shape index (κ1) is 21.0. The van der Waals surface area contributed by atoms with Crippen molar-refractivity contribution >= 4 is 22.2 Å². The molecule has 1 aliphatic heterocycles. The van der Waals surface area contributed by atoms with Gasteiger partial charge in [-0.1, -0.05) is 18.2 Å². The maximum absolute atomic E-state index is 13.8. The first-order valence-electron chi connectivity index (χ1n) is 10.7. The predicted molar refractivity (Wildman–Crippen MR) is 117 cm³/mol. The molecule has 1 aromatic heterocycles. The van der Waals surface area contributed by atoms with Crippen LogP contribution in [0.2, 0.25) is 0 Å². The summed E-state index contributed by atoms with van der Waals surface area (Å²) in [6.45, 7) is 4.81. The van der Waals surface area contributed by atoms with Crippen molar-refractivity contribution in [1.29, 1.82) is 5.26 Å². The van der Waals surface area contributed by atoms with Gasteiger partial charge in [-0.05, 0) is 37.3 Å². The number of carbonyl (C=O) groups is 1. The zero-order chi connectivity index (χ0) is 20.9. The Bertz CT molecular complexity index is 943. The molecule has 2 heterocycles. The fourth-order valence-corrected chi connectivity index (χ4v) is 5.52. The maximum atomic E-state index is 13.8.